The van der Waals surface area contributed by atoms with Gasteiger partial charge in [0.15, 0.2) is 0 Å². The minimum Gasteiger partial charge on any atom is -0.497 e. The van der Waals surface area contributed by atoms with E-state index in [0.717, 1.165) is 23.8 Å². The molecule has 1 aliphatic rings. The van der Waals surface area contributed by atoms with Crippen molar-refractivity contribution in [1.29, 1.82) is 0 Å². The molecular formula is C19H23NO4. The van der Waals surface area contributed by atoms with Crippen LogP contribution in [0.5, 0.6) is 5.75 Å². The summed E-state index contributed by atoms with van der Waals surface area (Å²) in [6.07, 6.45) is 5.19. The van der Waals surface area contributed by atoms with Gasteiger partial charge in [-0.2, -0.15) is 0 Å². The van der Waals surface area contributed by atoms with Gasteiger partial charge in [0, 0.05) is 29.5 Å². The van der Waals surface area contributed by atoms with Crippen LogP contribution in [0.3, 0.4) is 0 Å². The second-order valence-corrected chi connectivity index (χ2v) is 6.40. The smallest absolute Gasteiger partial charge is 0.339 e. The van der Waals surface area contributed by atoms with Crippen molar-refractivity contribution in [2.24, 2.45) is 0 Å². The molecule has 5 nitrogen and oxygen atoms in total. The van der Waals surface area contributed by atoms with Crippen molar-refractivity contribution in [3.8, 4) is 5.75 Å². The number of rotatable bonds is 5. The number of aryl methyl sites for hydroxylation is 1. The van der Waals surface area contributed by atoms with E-state index in [9.17, 15) is 9.59 Å². The Hall–Kier alpha value is -2.30. The van der Waals surface area contributed by atoms with Crippen LogP contribution in [0.15, 0.2) is 27.4 Å². The molecular weight excluding hydrogens is 306 g/mol. The molecule has 128 valence electrons. The van der Waals surface area contributed by atoms with Gasteiger partial charge in [-0.25, -0.2) is 4.79 Å². The summed E-state index contributed by atoms with van der Waals surface area (Å²) in [6.45, 7) is 1.90. The van der Waals surface area contributed by atoms with Crippen LogP contribution in [0.25, 0.3) is 11.0 Å². The van der Waals surface area contributed by atoms with Crippen LogP contribution in [0.1, 0.15) is 43.2 Å². The maximum absolute atomic E-state index is 12.3. The van der Waals surface area contributed by atoms with Crippen molar-refractivity contribution >= 4 is 16.9 Å². The number of hydrogen-bond acceptors (Lipinski definition) is 4. The standard InChI is InChI=1S/C19H23NO4/c1-12-15-8-7-14(23-2)11-17(15)24-19(22)16(12)9-10-18(21)20-13-5-3-4-6-13/h7-8,11,13H,3-6,9-10H2,1-2H3,(H,20,21). The monoisotopic (exact) mass is 329 g/mol. The predicted molar refractivity (Wildman–Crippen MR) is 92.5 cm³/mol. The van der Waals surface area contributed by atoms with Crippen molar-refractivity contribution in [3.05, 3.63) is 39.7 Å². The number of ether oxygens (including phenoxy) is 1. The highest BCUT2D eigenvalue weighted by Gasteiger charge is 2.18. The summed E-state index contributed by atoms with van der Waals surface area (Å²) < 4.78 is 10.6. The van der Waals surface area contributed by atoms with Gasteiger partial charge in [-0.05, 0) is 43.9 Å². The lowest BCUT2D eigenvalue weighted by Crippen LogP contribution is -2.33. The fraction of sp³-hybridized carbons (Fsp3) is 0.474. The molecule has 1 heterocycles. The fourth-order valence-corrected chi connectivity index (χ4v) is 3.40. The summed E-state index contributed by atoms with van der Waals surface area (Å²) in [4.78, 5) is 24.4. The summed E-state index contributed by atoms with van der Waals surface area (Å²) in [5.41, 5.74) is 1.59. The first kappa shape index (κ1) is 16.6. The number of hydrogen-bond donors (Lipinski definition) is 1. The van der Waals surface area contributed by atoms with Gasteiger partial charge < -0.3 is 14.5 Å². The molecule has 1 aromatic heterocycles. The Bertz CT molecular complexity index is 803. The van der Waals surface area contributed by atoms with Crippen LogP contribution in [0.2, 0.25) is 0 Å². The average molecular weight is 329 g/mol. The zero-order chi connectivity index (χ0) is 17.1. The van der Waals surface area contributed by atoms with Gasteiger partial charge in [-0.3, -0.25) is 4.79 Å². The van der Waals surface area contributed by atoms with E-state index in [1.807, 2.05) is 19.1 Å². The highest BCUT2D eigenvalue weighted by Crippen LogP contribution is 2.24. The van der Waals surface area contributed by atoms with E-state index in [2.05, 4.69) is 5.32 Å². The van der Waals surface area contributed by atoms with E-state index >= 15 is 0 Å². The van der Waals surface area contributed by atoms with Crippen LogP contribution in [0.4, 0.5) is 0 Å². The highest BCUT2D eigenvalue weighted by molar-refractivity contribution is 5.82. The lowest BCUT2D eigenvalue weighted by molar-refractivity contribution is -0.121. The number of fused-ring (bicyclic) bond motifs is 1. The van der Waals surface area contributed by atoms with Crippen LogP contribution in [0, 0.1) is 6.92 Å². The third-order valence-electron chi connectivity index (χ3n) is 4.82. The van der Waals surface area contributed by atoms with E-state index in [-0.39, 0.29) is 11.5 Å². The number of methoxy groups -OCH3 is 1. The molecule has 1 fully saturated rings. The molecule has 2 aromatic rings. The maximum Gasteiger partial charge on any atom is 0.339 e. The lowest BCUT2D eigenvalue weighted by Gasteiger charge is -2.12. The molecule has 0 saturated heterocycles. The average Bonchev–Trinajstić information content (AvgIpc) is 3.06. The van der Waals surface area contributed by atoms with Gasteiger partial charge in [0.05, 0.1) is 7.11 Å². The Balaban J connectivity index is 1.76. The normalized spacial score (nSPS) is 14.9. The zero-order valence-electron chi connectivity index (χ0n) is 14.2. The molecule has 0 spiro atoms. The first-order valence-electron chi connectivity index (χ1n) is 8.48. The van der Waals surface area contributed by atoms with E-state index in [0.29, 0.717) is 35.8 Å². The summed E-state index contributed by atoms with van der Waals surface area (Å²) >= 11 is 0. The Kier molecular flexibility index (Phi) is 4.88. The Morgan fingerprint density at radius 2 is 2.08 bits per heavy atom. The van der Waals surface area contributed by atoms with E-state index in [1.165, 1.54) is 12.8 Å². The molecule has 1 saturated carbocycles. The molecule has 0 atom stereocenters. The molecule has 0 aliphatic heterocycles. The molecule has 1 aromatic carbocycles. The fourth-order valence-electron chi connectivity index (χ4n) is 3.40. The summed E-state index contributed by atoms with van der Waals surface area (Å²) in [7, 11) is 1.57. The quantitative estimate of drug-likeness (QED) is 0.856. The minimum absolute atomic E-state index is 0.00975. The van der Waals surface area contributed by atoms with Crippen LogP contribution in [-0.2, 0) is 11.2 Å². The molecule has 1 amide bonds. The van der Waals surface area contributed by atoms with Gasteiger partial charge in [0.2, 0.25) is 5.91 Å². The van der Waals surface area contributed by atoms with Gasteiger partial charge in [-0.15, -0.1) is 0 Å². The molecule has 1 N–H and O–H groups in total. The minimum atomic E-state index is -0.373. The van der Waals surface area contributed by atoms with Crippen molar-refractivity contribution < 1.29 is 13.9 Å². The third-order valence-corrected chi connectivity index (χ3v) is 4.82. The molecule has 24 heavy (non-hydrogen) atoms. The van der Waals surface area contributed by atoms with Gasteiger partial charge in [0.1, 0.15) is 11.3 Å². The molecule has 3 rings (SSSR count). The number of nitrogens with one attached hydrogen (secondary N) is 1. The molecule has 0 radical (unpaired) electrons. The number of amides is 1. The molecule has 0 unspecified atom stereocenters. The zero-order valence-corrected chi connectivity index (χ0v) is 14.2. The van der Waals surface area contributed by atoms with Crippen molar-refractivity contribution in [2.45, 2.75) is 51.5 Å². The summed E-state index contributed by atoms with van der Waals surface area (Å²) in [5.74, 6) is 0.657. The second-order valence-electron chi connectivity index (χ2n) is 6.40. The molecule has 1 aliphatic carbocycles. The second kappa shape index (κ2) is 7.07. The van der Waals surface area contributed by atoms with E-state index < -0.39 is 0 Å². The number of carbonyl (C=O) groups is 1. The van der Waals surface area contributed by atoms with E-state index in [1.54, 1.807) is 13.2 Å². The maximum atomic E-state index is 12.3. The lowest BCUT2D eigenvalue weighted by atomic mass is 10.0. The Labute approximate surface area is 141 Å². The first-order chi connectivity index (χ1) is 11.6. The molecule has 5 heteroatoms. The number of carbonyl (C=O) groups excluding carboxylic acids is 1. The number of benzene rings is 1. The predicted octanol–water partition coefficient (Wildman–Crippen LogP) is 3.10. The topological polar surface area (TPSA) is 68.5 Å². The van der Waals surface area contributed by atoms with Crippen molar-refractivity contribution in [2.75, 3.05) is 7.11 Å². The van der Waals surface area contributed by atoms with Gasteiger partial charge in [0.25, 0.3) is 0 Å². The van der Waals surface area contributed by atoms with Crippen LogP contribution < -0.4 is 15.7 Å². The largest absolute Gasteiger partial charge is 0.497 e. The summed E-state index contributed by atoms with van der Waals surface area (Å²) in [5, 5.41) is 3.93. The van der Waals surface area contributed by atoms with Crippen molar-refractivity contribution in [3.63, 3.8) is 0 Å². The highest BCUT2D eigenvalue weighted by atomic mass is 16.5. The third kappa shape index (κ3) is 3.45. The first-order valence-corrected chi connectivity index (χ1v) is 8.48. The molecule has 0 bridgehead atoms. The van der Waals surface area contributed by atoms with Crippen LogP contribution >= 0.6 is 0 Å². The van der Waals surface area contributed by atoms with Crippen LogP contribution in [-0.4, -0.2) is 19.1 Å². The van der Waals surface area contributed by atoms with Gasteiger partial charge in [-0.1, -0.05) is 12.8 Å². The van der Waals surface area contributed by atoms with Gasteiger partial charge >= 0.3 is 5.63 Å². The Morgan fingerprint density at radius 1 is 1.33 bits per heavy atom. The van der Waals surface area contributed by atoms with Crippen molar-refractivity contribution in [1.82, 2.24) is 5.32 Å². The summed E-state index contributed by atoms with van der Waals surface area (Å²) in [6, 6.07) is 5.74. The van der Waals surface area contributed by atoms with E-state index in [4.69, 9.17) is 9.15 Å². The Morgan fingerprint density at radius 3 is 2.79 bits per heavy atom. The SMILES string of the molecule is COc1ccc2c(C)c(CCC(=O)NC3CCCC3)c(=O)oc2c1.